The molecule has 0 atom stereocenters. The number of carbonyl (C=O) groups is 2. The Morgan fingerprint density at radius 1 is 0.564 bits per heavy atom. The van der Waals surface area contributed by atoms with Gasteiger partial charge in [-0.3, -0.25) is 9.59 Å². The predicted octanol–water partition coefficient (Wildman–Crippen LogP) is 6.34. The number of benzene rings is 5. The zero-order valence-corrected chi connectivity index (χ0v) is 21.5. The van der Waals surface area contributed by atoms with Crippen molar-refractivity contribution in [3.63, 3.8) is 0 Å². The fourth-order valence-corrected chi connectivity index (χ4v) is 6.01. The Balaban J connectivity index is 1.28. The van der Waals surface area contributed by atoms with E-state index in [4.69, 9.17) is 0 Å². The molecule has 0 unspecified atom stereocenters. The van der Waals surface area contributed by atoms with Crippen LogP contribution in [-0.4, -0.2) is 16.1 Å². The molecule has 7 rings (SSSR count). The van der Waals surface area contributed by atoms with Gasteiger partial charge in [0.25, 0.3) is 0 Å². The first-order chi connectivity index (χ1) is 19.2. The van der Waals surface area contributed by atoms with E-state index in [-0.39, 0.29) is 11.6 Å². The average molecular weight is 508 g/mol. The standard InChI is InChI=1S/C35H27N2O2/c38-34-30-17-5-6-18-31(30)35(39)33-32(34)36(21-19-26-13-7-11-24-9-1-3-15-28(24)26)23-37(33)22-20-27-14-8-12-25-10-2-4-16-29(25)27/h1-18,23H,19-22H2/q+1. The van der Waals surface area contributed by atoms with Crippen LogP contribution in [0.2, 0.25) is 0 Å². The van der Waals surface area contributed by atoms with Crippen LogP contribution in [0.25, 0.3) is 21.5 Å². The van der Waals surface area contributed by atoms with Gasteiger partial charge in [-0.05, 0) is 32.7 Å². The maximum absolute atomic E-state index is 13.8. The highest BCUT2D eigenvalue weighted by molar-refractivity contribution is 6.26. The molecule has 0 fully saturated rings. The summed E-state index contributed by atoms with van der Waals surface area (Å²) in [6.07, 6.45) is 3.49. The lowest BCUT2D eigenvalue weighted by Gasteiger charge is -2.13. The third-order valence-corrected chi connectivity index (χ3v) is 7.93. The molecule has 188 valence electrons. The minimum Gasteiger partial charge on any atom is -0.284 e. The van der Waals surface area contributed by atoms with E-state index in [2.05, 4.69) is 84.9 Å². The van der Waals surface area contributed by atoms with E-state index in [1.807, 2.05) is 27.6 Å². The van der Waals surface area contributed by atoms with Crippen LogP contribution in [0.5, 0.6) is 0 Å². The zero-order chi connectivity index (χ0) is 26.3. The fourth-order valence-electron chi connectivity index (χ4n) is 6.01. The molecule has 5 aromatic carbocycles. The van der Waals surface area contributed by atoms with Crippen molar-refractivity contribution < 1.29 is 14.2 Å². The van der Waals surface area contributed by atoms with Gasteiger partial charge in [0.1, 0.15) is 0 Å². The molecule has 39 heavy (non-hydrogen) atoms. The third-order valence-electron chi connectivity index (χ3n) is 7.93. The number of fused-ring (bicyclic) bond motifs is 4. The Labute approximate surface area is 226 Å². The van der Waals surface area contributed by atoms with Crippen molar-refractivity contribution in [3.8, 4) is 0 Å². The lowest BCUT2D eigenvalue weighted by Crippen LogP contribution is -2.41. The maximum Gasteiger partial charge on any atom is 0.244 e. The first-order valence-electron chi connectivity index (χ1n) is 13.4. The maximum atomic E-state index is 13.8. The smallest absolute Gasteiger partial charge is 0.244 e. The highest BCUT2D eigenvalue weighted by Gasteiger charge is 2.40. The van der Waals surface area contributed by atoms with Crippen molar-refractivity contribution in [1.82, 2.24) is 4.57 Å². The van der Waals surface area contributed by atoms with Gasteiger partial charge in [-0.2, -0.15) is 0 Å². The minimum absolute atomic E-state index is 0.0815. The predicted molar refractivity (Wildman–Crippen MR) is 153 cm³/mol. The Kier molecular flexibility index (Phi) is 5.66. The second-order valence-electron chi connectivity index (χ2n) is 10.2. The molecule has 0 saturated heterocycles. The van der Waals surface area contributed by atoms with Crippen molar-refractivity contribution >= 4 is 33.1 Å². The first-order valence-corrected chi connectivity index (χ1v) is 13.4. The number of aromatic nitrogens is 2. The summed E-state index contributed by atoms with van der Waals surface area (Å²) in [5.41, 5.74) is 4.43. The number of nitrogens with zero attached hydrogens (tertiary/aromatic N) is 2. The van der Waals surface area contributed by atoms with Crippen molar-refractivity contribution in [3.05, 3.63) is 149 Å². The first kappa shape index (κ1) is 23.3. The molecule has 0 spiro atoms. The molecule has 0 radical (unpaired) electrons. The van der Waals surface area contributed by atoms with Gasteiger partial charge in [0.05, 0.1) is 13.1 Å². The van der Waals surface area contributed by atoms with Crippen molar-refractivity contribution in [2.45, 2.75) is 25.9 Å². The lowest BCUT2D eigenvalue weighted by molar-refractivity contribution is -0.697. The molecule has 0 saturated carbocycles. The number of aryl methyl sites for hydroxylation is 4. The molecule has 6 aromatic rings. The van der Waals surface area contributed by atoms with Gasteiger partial charge >= 0.3 is 0 Å². The van der Waals surface area contributed by atoms with E-state index in [0.29, 0.717) is 35.6 Å². The van der Waals surface area contributed by atoms with E-state index in [1.54, 1.807) is 12.1 Å². The second kappa shape index (κ2) is 9.48. The summed E-state index contributed by atoms with van der Waals surface area (Å²) >= 11 is 0. The van der Waals surface area contributed by atoms with Gasteiger partial charge in [0.2, 0.25) is 29.3 Å². The summed E-state index contributed by atoms with van der Waals surface area (Å²) in [5.74, 6) is -0.163. The van der Waals surface area contributed by atoms with E-state index in [0.717, 1.165) is 12.8 Å². The molecule has 0 amide bonds. The third kappa shape index (κ3) is 3.96. The highest BCUT2D eigenvalue weighted by atomic mass is 16.1. The largest absolute Gasteiger partial charge is 0.284 e. The minimum atomic E-state index is -0.0815. The molecule has 4 heteroatoms. The summed E-state index contributed by atoms with van der Waals surface area (Å²) in [5, 5.41) is 4.85. The van der Waals surface area contributed by atoms with Crippen molar-refractivity contribution in [1.29, 1.82) is 0 Å². The van der Waals surface area contributed by atoms with E-state index in [9.17, 15) is 9.59 Å². The lowest BCUT2D eigenvalue weighted by atomic mass is 9.89. The van der Waals surface area contributed by atoms with E-state index in [1.165, 1.54) is 32.7 Å². The quantitative estimate of drug-likeness (QED) is 0.247. The average Bonchev–Trinajstić information content (AvgIpc) is 3.36. The molecular weight excluding hydrogens is 480 g/mol. The zero-order valence-electron chi connectivity index (χ0n) is 21.5. The van der Waals surface area contributed by atoms with Crippen molar-refractivity contribution in [2.75, 3.05) is 0 Å². The molecule has 0 aliphatic heterocycles. The van der Waals surface area contributed by atoms with Crippen LogP contribution in [0.15, 0.2) is 116 Å². The molecule has 0 bridgehead atoms. The van der Waals surface area contributed by atoms with Crippen LogP contribution < -0.4 is 4.57 Å². The Bertz CT molecular complexity index is 1770. The number of ketones is 2. The van der Waals surface area contributed by atoms with Crippen LogP contribution in [0.4, 0.5) is 0 Å². The number of hydrogen-bond donors (Lipinski definition) is 0. The fraction of sp³-hybridized carbons (Fsp3) is 0.114. The summed E-state index contributed by atoms with van der Waals surface area (Å²) in [6.45, 7) is 1.22. The number of carbonyl (C=O) groups excluding carboxylic acids is 2. The van der Waals surface area contributed by atoms with Gasteiger partial charge in [0, 0.05) is 24.0 Å². The van der Waals surface area contributed by atoms with Gasteiger partial charge in [-0.1, -0.05) is 109 Å². The summed E-state index contributed by atoms with van der Waals surface area (Å²) < 4.78 is 3.99. The highest BCUT2D eigenvalue weighted by Crippen LogP contribution is 2.27. The number of imidazole rings is 1. The van der Waals surface area contributed by atoms with Crippen LogP contribution in [0, 0.1) is 0 Å². The molecule has 1 aromatic heterocycles. The Morgan fingerprint density at radius 3 is 1.77 bits per heavy atom. The van der Waals surface area contributed by atoms with Gasteiger partial charge in [-0.25, -0.2) is 9.13 Å². The van der Waals surface area contributed by atoms with E-state index >= 15 is 0 Å². The van der Waals surface area contributed by atoms with Crippen LogP contribution in [-0.2, 0) is 25.9 Å². The Morgan fingerprint density at radius 2 is 1.10 bits per heavy atom. The number of hydrogen-bond acceptors (Lipinski definition) is 2. The molecule has 4 nitrogen and oxygen atoms in total. The van der Waals surface area contributed by atoms with Gasteiger partial charge in [0.15, 0.2) is 0 Å². The molecule has 1 heterocycles. The summed E-state index contributed by atoms with van der Waals surface area (Å²) in [4.78, 5) is 27.5. The molecular formula is C35H27N2O2+. The SMILES string of the molecule is O=C1c2ccccc2C(=O)c2c1n(CCc1cccc3ccccc13)c[n+]2CCc1cccc2ccccc12. The normalized spacial score (nSPS) is 12.6. The number of rotatable bonds is 6. The van der Waals surface area contributed by atoms with E-state index < -0.39 is 0 Å². The van der Waals surface area contributed by atoms with Crippen LogP contribution >= 0.6 is 0 Å². The van der Waals surface area contributed by atoms with Crippen LogP contribution in [0.3, 0.4) is 0 Å². The van der Waals surface area contributed by atoms with Gasteiger partial charge in [-0.15, -0.1) is 0 Å². The second-order valence-corrected chi connectivity index (χ2v) is 10.2. The summed E-state index contributed by atoms with van der Waals surface area (Å²) in [7, 11) is 0. The van der Waals surface area contributed by atoms with Crippen molar-refractivity contribution in [2.24, 2.45) is 0 Å². The van der Waals surface area contributed by atoms with Gasteiger partial charge < -0.3 is 0 Å². The molecule has 1 aliphatic carbocycles. The Hall–Kier alpha value is -4.83. The summed E-state index contributed by atoms with van der Waals surface area (Å²) in [6, 6.07) is 36.6. The molecule has 1 aliphatic rings. The molecule has 0 N–H and O–H groups in total. The van der Waals surface area contributed by atoms with Crippen LogP contribution in [0.1, 0.15) is 43.2 Å². The topological polar surface area (TPSA) is 43.0 Å². The monoisotopic (exact) mass is 507 g/mol.